The van der Waals surface area contributed by atoms with Gasteiger partial charge in [-0.05, 0) is 23.8 Å². The fourth-order valence-electron chi connectivity index (χ4n) is 2.25. The molecule has 0 unspecified atom stereocenters. The van der Waals surface area contributed by atoms with Gasteiger partial charge in [-0.1, -0.05) is 41.9 Å². The predicted molar refractivity (Wildman–Crippen MR) is 94.3 cm³/mol. The maximum atomic E-state index is 12.2. The van der Waals surface area contributed by atoms with Crippen molar-refractivity contribution in [2.45, 2.75) is 13.5 Å². The largest absolute Gasteiger partial charge is 0.495 e. The molecule has 126 valence electrons. The molecule has 0 aromatic heterocycles. The Labute approximate surface area is 146 Å². The zero-order valence-corrected chi connectivity index (χ0v) is 14.3. The van der Waals surface area contributed by atoms with E-state index in [1.807, 2.05) is 18.2 Å². The van der Waals surface area contributed by atoms with E-state index in [-0.39, 0.29) is 18.4 Å². The lowest BCUT2D eigenvalue weighted by Gasteiger charge is -2.22. The summed E-state index contributed by atoms with van der Waals surface area (Å²) in [7, 11) is 1.52. The van der Waals surface area contributed by atoms with E-state index in [9.17, 15) is 9.59 Å². The minimum atomic E-state index is -0.281. The molecular formula is C18H19ClN2O3. The van der Waals surface area contributed by atoms with Gasteiger partial charge in [-0.25, -0.2) is 0 Å². The van der Waals surface area contributed by atoms with Crippen LogP contribution >= 0.6 is 11.6 Å². The fourth-order valence-corrected chi connectivity index (χ4v) is 2.46. The van der Waals surface area contributed by atoms with Crippen molar-refractivity contribution in [3.8, 4) is 5.75 Å². The highest BCUT2D eigenvalue weighted by Crippen LogP contribution is 2.27. The van der Waals surface area contributed by atoms with Crippen molar-refractivity contribution in [1.29, 1.82) is 0 Å². The predicted octanol–water partition coefficient (Wildman–Crippen LogP) is 3.02. The zero-order valence-electron chi connectivity index (χ0n) is 13.6. The Morgan fingerprint density at radius 1 is 1.12 bits per heavy atom. The van der Waals surface area contributed by atoms with Crippen LogP contribution in [0.4, 0.5) is 5.69 Å². The number of carbonyl (C=O) groups excluding carboxylic acids is 2. The summed E-state index contributed by atoms with van der Waals surface area (Å²) in [5, 5.41) is 3.36. The van der Waals surface area contributed by atoms with Gasteiger partial charge in [0.2, 0.25) is 11.8 Å². The molecule has 0 saturated carbocycles. The third kappa shape index (κ3) is 4.49. The van der Waals surface area contributed by atoms with Crippen molar-refractivity contribution >= 4 is 29.1 Å². The van der Waals surface area contributed by atoms with Crippen LogP contribution in [0.1, 0.15) is 12.5 Å². The lowest BCUT2D eigenvalue weighted by Crippen LogP contribution is -2.39. The van der Waals surface area contributed by atoms with E-state index in [4.69, 9.17) is 16.3 Å². The summed E-state index contributed by atoms with van der Waals surface area (Å²) >= 11 is 6.07. The minimum Gasteiger partial charge on any atom is -0.495 e. The van der Waals surface area contributed by atoms with Crippen LogP contribution in [-0.2, 0) is 16.1 Å². The molecule has 0 radical (unpaired) electrons. The van der Waals surface area contributed by atoms with Crippen LogP contribution in [0.3, 0.4) is 0 Å². The van der Waals surface area contributed by atoms with Gasteiger partial charge in [0.05, 0.1) is 12.8 Å². The van der Waals surface area contributed by atoms with Crippen LogP contribution in [0.2, 0.25) is 5.02 Å². The van der Waals surface area contributed by atoms with Crippen LogP contribution in [0, 0.1) is 0 Å². The second-order valence-electron chi connectivity index (χ2n) is 5.15. The summed E-state index contributed by atoms with van der Waals surface area (Å²) in [6.45, 7) is 1.62. The molecular weight excluding hydrogens is 328 g/mol. The van der Waals surface area contributed by atoms with Gasteiger partial charge in [-0.2, -0.15) is 0 Å². The number of methoxy groups -OCH3 is 1. The number of ether oxygens (including phenoxy) is 1. The molecule has 0 aliphatic rings. The average molecular weight is 347 g/mol. The van der Waals surface area contributed by atoms with Crippen molar-refractivity contribution < 1.29 is 14.3 Å². The number of hydrogen-bond donors (Lipinski definition) is 1. The van der Waals surface area contributed by atoms with Crippen molar-refractivity contribution in [2.75, 3.05) is 18.6 Å². The first-order valence-electron chi connectivity index (χ1n) is 7.44. The maximum absolute atomic E-state index is 12.2. The summed E-state index contributed by atoms with van der Waals surface area (Å²) in [6.07, 6.45) is 0. The first-order chi connectivity index (χ1) is 11.5. The molecule has 0 aliphatic heterocycles. The molecule has 1 N–H and O–H groups in total. The smallest absolute Gasteiger partial charge is 0.240 e. The summed E-state index contributed by atoms with van der Waals surface area (Å²) in [4.78, 5) is 25.5. The Bertz CT molecular complexity index is 734. The van der Waals surface area contributed by atoms with Gasteiger partial charge in [-0.3, -0.25) is 14.5 Å². The first kappa shape index (κ1) is 17.8. The number of carbonyl (C=O) groups is 2. The van der Waals surface area contributed by atoms with Gasteiger partial charge in [-0.15, -0.1) is 0 Å². The van der Waals surface area contributed by atoms with E-state index in [1.54, 1.807) is 30.3 Å². The number of nitrogens with zero attached hydrogens (tertiary/aromatic N) is 1. The van der Waals surface area contributed by atoms with Crippen molar-refractivity contribution in [3.05, 3.63) is 59.1 Å². The van der Waals surface area contributed by atoms with Crippen molar-refractivity contribution in [3.63, 3.8) is 0 Å². The number of halogens is 1. The Hall–Kier alpha value is -2.53. The van der Waals surface area contributed by atoms with Gasteiger partial charge >= 0.3 is 0 Å². The Morgan fingerprint density at radius 2 is 1.79 bits per heavy atom. The lowest BCUT2D eigenvalue weighted by atomic mass is 10.2. The van der Waals surface area contributed by atoms with E-state index in [2.05, 4.69) is 5.32 Å². The zero-order chi connectivity index (χ0) is 17.5. The second-order valence-corrected chi connectivity index (χ2v) is 5.55. The second kappa shape index (κ2) is 8.36. The van der Waals surface area contributed by atoms with Crippen molar-refractivity contribution in [2.24, 2.45) is 0 Å². The molecule has 2 amide bonds. The standard InChI is InChI=1S/C18H19ClN2O3/c1-13(22)21(16-9-5-6-10-17(16)24-2)12-18(23)20-11-14-7-3-4-8-15(14)19/h3-10H,11-12H2,1-2H3,(H,20,23). The SMILES string of the molecule is COc1ccccc1N(CC(=O)NCc1ccccc1Cl)C(C)=O. The topological polar surface area (TPSA) is 58.6 Å². The minimum absolute atomic E-state index is 0.0971. The van der Waals surface area contributed by atoms with E-state index < -0.39 is 0 Å². The number of benzene rings is 2. The highest BCUT2D eigenvalue weighted by Gasteiger charge is 2.19. The Balaban J connectivity index is 2.07. The monoisotopic (exact) mass is 346 g/mol. The highest BCUT2D eigenvalue weighted by molar-refractivity contribution is 6.31. The van der Waals surface area contributed by atoms with Gasteiger partial charge in [0.15, 0.2) is 0 Å². The molecule has 2 rings (SSSR count). The number of para-hydroxylation sites is 2. The Kier molecular flexibility index (Phi) is 6.21. The van der Waals surface area contributed by atoms with Gasteiger partial charge in [0.1, 0.15) is 12.3 Å². The maximum Gasteiger partial charge on any atom is 0.240 e. The number of anilines is 1. The summed E-state index contributed by atoms with van der Waals surface area (Å²) < 4.78 is 5.26. The molecule has 24 heavy (non-hydrogen) atoms. The van der Waals surface area contributed by atoms with Gasteiger partial charge in [0.25, 0.3) is 0 Å². The van der Waals surface area contributed by atoms with E-state index in [0.29, 0.717) is 23.0 Å². The van der Waals surface area contributed by atoms with E-state index in [1.165, 1.54) is 18.9 Å². The van der Waals surface area contributed by atoms with Crippen LogP contribution in [0.5, 0.6) is 5.75 Å². The van der Waals surface area contributed by atoms with Crippen LogP contribution < -0.4 is 15.0 Å². The number of amides is 2. The molecule has 2 aromatic carbocycles. The summed E-state index contributed by atoms with van der Waals surface area (Å²) in [5.74, 6) is 0.00928. The van der Waals surface area contributed by atoms with Crippen LogP contribution in [0.15, 0.2) is 48.5 Å². The molecule has 0 heterocycles. The summed E-state index contributed by atoms with van der Waals surface area (Å²) in [5.41, 5.74) is 1.37. The molecule has 0 fully saturated rings. The normalized spacial score (nSPS) is 10.1. The molecule has 0 saturated heterocycles. The highest BCUT2D eigenvalue weighted by atomic mass is 35.5. The van der Waals surface area contributed by atoms with Crippen molar-refractivity contribution in [1.82, 2.24) is 5.32 Å². The molecule has 0 atom stereocenters. The number of rotatable bonds is 6. The van der Waals surface area contributed by atoms with Gasteiger partial charge in [0, 0.05) is 18.5 Å². The lowest BCUT2D eigenvalue weighted by molar-refractivity contribution is -0.123. The van der Waals surface area contributed by atoms with Gasteiger partial charge < -0.3 is 10.1 Å². The van der Waals surface area contributed by atoms with Crippen LogP contribution in [-0.4, -0.2) is 25.5 Å². The first-order valence-corrected chi connectivity index (χ1v) is 7.82. The molecule has 0 spiro atoms. The number of nitrogens with one attached hydrogen (secondary N) is 1. The molecule has 6 heteroatoms. The molecule has 0 bridgehead atoms. The van der Waals surface area contributed by atoms with E-state index in [0.717, 1.165) is 5.56 Å². The third-order valence-corrected chi connectivity index (χ3v) is 3.86. The van der Waals surface area contributed by atoms with E-state index >= 15 is 0 Å². The molecule has 0 aliphatic carbocycles. The van der Waals surface area contributed by atoms with Crippen LogP contribution in [0.25, 0.3) is 0 Å². The molecule has 5 nitrogen and oxygen atoms in total. The third-order valence-electron chi connectivity index (χ3n) is 3.49. The number of hydrogen-bond acceptors (Lipinski definition) is 3. The molecule has 2 aromatic rings. The summed E-state index contributed by atoms with van der Waals surface area (Å²) in [6, 6.07) is 14.4. The quantitative estimate of drug-likeness (QED) is 0.874. The Morgan fingerprint density at radius 3 is 2.46 bits per heavy atom. The average Bonchev–Trinajstić information content (AvgIpc) is 2.58. The fraction of sp³-hybridized carbons (Fsp3) is 0.222.